The van der Waals surface area contributed by atoms with Gasteiger partial charge in [-0.25, -0.2) is 9.97 Å². The van der Waals surface area contributed by atoms with Gasteiger partial charge in [0.05, 0.1) is 27.8 Å². The van der Waals surface area contributed by atoms with E-state index in [0.717, 1.165) is 73.2 Å². The molecule has 1 atom stereocenters. The fraction of sp³-hybridized carbons (Fsp3) is 0.0566. The molecular weight excluding hydrogens is 709 g/mol. The first-order valence-electron chi connectivity index (χ1n) is 20.0. The number of nitrogens with zero attached hydrogens (tertiary/aromatic N) is 4. The normalized spacial score (nSPS) is 14.0. The minimum atomic E-state index is 0.433. The third-order valence-electron chi connectivity index (χ3n) is 11.8. The summed E-state index contributed by atoms with van der Waals surface area (Å²) in [5.41, 5.74) is 11.2. The molecule has 1 aliphatic carbocycles. The summed E-state index contributed by atoms with van der Waals surface area (Å²) in [6, 6.07) is 60.0. The van der Waals surface area contributed by atoms with Gasteiger partial charge in [-0.05, 0) is 53.8 Å². The molecule has 0 aliphatic heterocycles. The lowest BCUT2D eigenvalue weighted by Gasteiger charge is -2.15. The molecule has 5 heteroatoms. The maximum atomic E-state index is 6.58. The number of benzene rings is 7. The first-order chi connectivity index (χ1) is 28.7. The van der Waals surface area contributed by atoms with Crippen LogP contribution < -0.4 is 10.6 Å². The van der Waals surface area contributed by atoms with Crippen LogP contribution in [0.5, 0.6) is 0 Å². The van der Waals surface area contributed by atoms with Gasteiger partial charge in [0.25, 0.3) is 0 Å². The largest absolute Gasteiger partial charge is 0.455 e. The molecule has 0 spiro atoms. The van der Waals surface area contributed by atoms with E-state index in [0.29, 0.717) is 11.7 Å². The summed E-state index contributed by atoms with van der Waals surface area (Å²) in [6.07, 6.45) is 5.87. The zero-order chi connectivity index (χ0) is 38.3. The Morgan fingerprint density at radius 1 is 0.552 bits per heavy atom. The lowest BCUT2D eigenvalue weighted by atomic mass is 10.0. The molecule has 1 unspecified atom stereocenters. The minimum Gasteiger partial charge on any atom is -0.455 e. The van der Waals surface area contributed by atoms with Crippen LogP contribution in [0.1, 0.15) is 13.3 Å². The van der Waals surface area contributed by atoms with Crippen molar-refractivity contribution in [1.29, 1.82) is 0 Å². The lowest BCUT2D eigenvalue weighted by molar-refractivity contribution is 0.669. The molecule has 0 bridgehead atoms. The predicted molar refractivity (Wildman–Crippen MR) is 239 cm³/mol. The quantitative estimate of drug-likeness (QED) is 0.176. The number of aromatic nitrogens is 4. The molecule has 274 valence electrons. The number of hydrogen-bond acceptors (Lipinski definition) is 3. The van der Waals surface area contributed by atoms with Gasteiger partial charge in [-0.3, -0.25) is 4.57 Å². The summed E-state index contributed by atoms with van der Waals surface area (Å²) < 4.78 is 11.4. The Bertz CT molecular complexity index is 3560. The number of fused-ring (bicyclic) bond motifs is 10. The standard InChI is InChI=1S/C53H36N4O/c1-33-26-29-47-44(30-33)41-28-27-40-38-20-8-10-24-46(38)57(51(40)50(41)56(47)37-19-12-18-36(31-37)34-14-4-2-5-15-34)49-32-45(35-16-6-3-7-17-35)54-53(55-49)43-23-13-22-42-39-21-9-11-25-48(39)58-52(42)43/h2-25,27-33H,26H2,1H3. The van der Waals surface area contributed by atoms with Gasteiger partial charge in [-0.2, -0.15) is 0 Å². The molecule has 0 saturated carbocycles. The van der Waals surface area contributed by atoms with Crippen molar-refractivity contribution in [2.45, 2.75) is 13.3 Å². The van der Waals surface area contributed by atoms with E-state index in [9.17, 15) is 0 Å². The Labute approximate surface area is 334 Å². The van der Waals surface area contributed by atoms with Gasteiger partial charge in [0.2, 0.25) is 0 Å². The number of hydrogen-bond donors (Lipinski definition) is 0. The Hall–Kier alpha value is -7.50. The molecule has 0 radical (unpaired) electrons. The molecule has 12 rings (SSSR count). The van der Waals surface area contributed by atoms with Crippen LogP contribution >= 0.6 is 0 Å². The number of rotatable bonds is 5. The molecule has 4 heterocycles. The fourth-order valence-corrected chi connectivity index (χ4v) is 9.20. The molecule has 58 heavy (non-hydrogen) atoms. The zero-order valence-corrected chi connectivity index (χ0v) is 31.8. The van der Waals surface area contributed by atoms with Crippen molar-refractivity contribution in [1.82, 2.24) is 19.1 Å². The molecule has 5 nitrogen and oxygen atoms in total. The Kier molecular flexibility index (Phi) is 7.20. The van der Waals surface area contributed by atoms with E-state index in [1.165, 1.54) is 37.9 Å². The Balaban J connectivity index is 1.22. The van der Waals surface area contributed by atoms with Crippen molar-refractivity contribution in [3.05, 3.63) is 180 Å². The van der Waals surface area contributed by atoms with Crippen molar-refractivity contribution in [2.24, 2.45) is 5.92 Å². The first kappa shape index (κ1) is 32.7. The van der Waals surface area contributed by atoms with E-state index >= 15 is 0 Å². The van der Waals surface area contributed by atoms with Crippen LogP contribution in [0, 0.1) is 5.92 Å². The van der Waals surface area contributed by atoms with Gasteiger partial charge >= 0.3 is 0 Å². The Morgan fingerprint density at radius 2 is 1.24 bits per heavy atom. The third kappa shape index (κ3) is 4.96. The highest BCUT2D eigenvalue weighted by Crippen LogP contribution is 2.40. The molecule has 11 aromatic rings. The average molecular weight is 745 g/mol. The molecule has 7 aromatic carbocycles. The monoisotopic (exact) mass is 744 g/mol. The SMILES string of the molecule is CC1C=c2c(n(-c3cccc(-c4ccccc4)c3)c3c2ccc2c4ccccc4n(-c4cc(-c5ccccc5)nc(-c5cccc6c5oc5ccccc56)n4)c23)=CC1. The molecule has 0 amide bonds. The van der Waals surface area contributed by atoms with E-state index in [4.69, 9.17) is 14.4 Å². The van der Waals surface area contributed by atoms with Crippen LogP contribution in [-0.4, -0.2) is 19.1 Å². The maximum absolute atomic E-state index is 6.58. The smallest absolute Gasteiger partial charge is 0.165 e. The number of furan rings is 1. The van der Waals surface area contributed by atoms with Crippen molar-refractivity contribution in [3.8, 4) is 45.3 Å². The van der Waals surface area contributed by atoms with Crippen molar-refractivity contribution in [3.63, 3.8) is 0 Å². The highest BCUT2D eigenvalue weighted by Gasteiger charge is 2.24. The van der Waals surface area contributed by atoms with Crippen molar-refractivity contribution in [2.75, 3.05) is 0 Å². The highest BCUT2D eigenvalue weighted by atomic mass is 16.3. The summed E-state index contributed by atoms with van der Waals surface area (Å²) in [7, 11) is 0. The second-order valence-electron chi connectivity index (χ2n) is 15.4. The van der Waals surface area contributed by atoms with Gasteiger partial charge < -0.3 is 8.98 Å². The van der Waals surface area contributed by atoms with Crippen molar-refractivity contribution >= 4 is 66.8 Å². The summed E-state index contributed by atoms with van der Waals surface area (Å²) in [5.74, 6) is 1.84. The van der Waals surface area contributed by atoms with E-state index in [2.05, 4.69) is 180 Å². The molecule has 0 N–H and O–H groups in total. The van der Waals surface area contributed by atoms with Crippen LogP contribution in [0.2, 0.25) is 0 Å². The highest BCUT2D eigenvalue weighted by molar-refractivity contribution is 6.18. The summed E-state index contributed by atoms with van der Waals surface area (Å²) >= 11 is 0. The molecule has 1 aliphatic rings. The van der Waals surface area contributed by atoms with Gasteiger partial charge in [0, 0.05) is 54.8 Å². The maximum Gasteiger partial charge on any atom is 0.165 e. The summed E-state index contributed by atoms with van der Waals surface area (Å²) in [4.78, 5) is 10.8. The van der Waals surface area contributed by atoms with Crippen molar-refractivity contribution < 1.29 is 4.42 Å². The molecular formula is C53H36N4O. The van der Waals surface area contributed by atoms with E-state index < -0.39 is 0 Å². The van der Waals surface area contributed by atoms with Crippen LogP contribution in [0.25, 0.3) is 112 Å². The fourth-order valence-electron chi connectivity index (χ4n) is 9.20. The van der Waals surface area contributed by atoms with Crippen LogP contribution in [0.3, 0.4) is 0 Å². The first-order valence-corrected chi connectivity index (χ1v) is 20.0. The van der Waals surface area contributed by atoms with E-state index in [1.54, 1.807) is 0 Å². The topological polar surface area (TPSA) is 48.8 Å². The molecule has 0 fully saturated rings. The second kappa shape index (κ2) is 12.8. The van der Waals surface area contributed by atoms with Gasteiger partial charge in [-0.15, -0.1) is 0 Å². The lowest BCUT2D eigenvalue weighted by Crippen LogP contribution is -2.31. The minimum absolute atomic E-state index is 0.433. The predicted octanol–water partition coefficient (Wildman–Crippen LogP) is 12.0. The van der Waals surface area contributed by atoms with Crippen LogP contribution in [0.4, 0.5) is 0 Å². The summed E-state index contributed by atoms with van der Waals surface area (Å²) in [5, 5.41) is 8.20. The zero-order valence-electron chi connectivity index (χ0n) is 31.8. The van der Waals surface area contributed by atoms with Gasteiger partial charge in [-0.1, -0.05) is 153 Å². The van der Waals surface area contributed by atoms with Crippen LogP contribution in [0.15, 0.2) is 174 Å². The number of para-hydroxylation sites is 3. The van der Waals surface area contributed by atoms with Gasteiger partial charge in [0.1, 0.15) is 17.0 Å². The van der Waals surface area contributed by atoms with E-state index in [-0.39, 0.29) is 0 Å². The van der Waals surface area contributed by atoms with Gasteiger partial charge in [0.15, 0.2) is 5.82 Å². The third-order valence-corrected chi connectivity index (χ3v) is 11.8. The van der Waals surface area contributed by atoms with Crippen LogP contribution in [-0.2, 0) is 0 Å². The molecule has 4 aromatic heterocycles. The average Bonchev–Trinajstić information content (AvgIpc) is 3.94. The second-order valence-corrected chi connectivity index (χ2v) is 15.4. The van der Waals surface area contributed by atoms with E-state index in [1.807, 2.05) is 18.2 Å². The summed E-state index contributed by atoms with van der Waals surface area (Å²) in [6.45, 7) is 2.31. The Morgan fingerprint density at radius 3 is 2.10 bits per heavy atom. The molecule has 0 saturated heterocycles.